The first-order chi connectivity index (χ1) is 12.5. The molecular formula is C21H23F2NO2. The van der Waals surface area contributed by atoms with Gasteiger partial charge in [0.1, 0.15) is 5.82 Å². The normalized spacial score (nSPS) is 22.8. The van der Waals surface area contributed by atoms with Gasteiger partial charge < -0.3 is 10.5 Å². The molecule has 0 unspecified atom stereocenters. The smallest absolute Gasteiger partial charge is 0.165 e. The molecule has 1 fully saturated rings. The lowest BCUT2D eigenvalue weighted by molar-refractivity contribution is 0.111. The average Bonchev–Trinajstić information content (AvgIpc) is 2.66. The largest absolute Gasteiger partial charge is 0.490 e. The lowest BCUT2D eigenvalue weighted by Gasteiger charge is -2.40. The molecule has 0 atom stereocenters. The maximum Gasteiger partial charge on any atom is 0.165 e. The van der Waals surface area contributed by atoms with Gasteiger partial charge >= 0.3 is 0 Å². The molecule has 1 aliphatic carbocycles. The molecule has 3 nitrogen and oxygen atoms in total. The van der Waals surface area contributed by atoms with Crippen molar-refractivity contribution in [3.8, 4) is 5.75 Å². The van der Waals surface area contributed by atoms with Crippen LogP contribution in [0.15, 0.2) is 42.5 Å². The highest BCUT2D eigenvalue weighted by molar-refractivity contribution is 5.75. The first kappa shape index (κ1) is 18.5. The van der Waals surface area contributed by atoms with Crippen LogP contribution in [0, 0.1) is 11.6 Å². The zero-order valence-corrected chi connectivity index (χ0v) is 14.6. The number of carbonyl (C=O) groups is 1. The third kappa shape index (κ3) is 3.93. The minimum Gasteiger partial charge on any atom is -0.490 e. The summed E-state index contributed by atoms with van der Waals surface area (Å²) < 4.78 is 33.2. The van der Waals surface area contributed by atoms with Gasteiger partial charge in [0.2, 0.25) is 0 Å². The Kier molecular flexibility index (Phi) is 5.67. The van der Waals surface area contributed by atoms with E-state index in [1.807, 2.05) is 18.2 Å². The van der Waals surface area contributed by atoms with Crippen LogP contribution in [0.2, 0.25) is 0 Å². The van der Waals surface area contributed by atoms with Gasteiger partial charge in [-0.3, -0.25) is 4.79 Å². The van der Waals surface area contributed by atoms with E-state index in [0.717, 1.165) is 37.8 Å². The zero-order valence-electron chi connectivity index (χ0n) is 14.6. The third-order valence-corrected chi connectivity index (χ3v) is 5.39. The predicted molar refractivity (Wildman–Crippen MR) is 96.4 cm³/mol. The fourth-order valence-electron chi connectivity index (χ4n) is 3.77. The van der Waals surface area contributed by atoms with Gasteiger partial charge in [-0.2, -0.15) is 0 Å². The van der Waals surface area contributed by atoms with E-state index >= 15 is 0 Å². The predicted octanol–water partition coefficient (Wildman–Crippen LogP) is 4.39. The van der Waals surface area contributed by atoms with Crippen molar-refractivity contribution in [2.75, 3.05) is 6.61 Å². The van der Waals surface area contributed by atoms with Crippen molar-refractivity contribution < 1.29 is 18.3 Å². The number of hydrogen-bond acceptors (Lipinski definition) is 3. The van der Waals surface area contributed by atoms with Crippen molar-refractivity contribution in [2.24, 2.45) is 5.73 Å². The maximum atomic E-state index is 14.0. The summed E-state index contributed by atoms with van der Waals surface area (Å²) in [4.78, 5) is 10.7. The second-order valence-corrected chi connectivity index (χ2v) is 7.00. The number of carbonyl (C=O) groups excluding carboxylic acids is 1. The fraction of sp³-hybridized carbons (Fsp3) is 0.381. The minimum atomic E-state index is -0.780. The van der Waals surface area contributed by atoms with E-state index in [9.17, 15) is 13.6 Å². The van der Waals surface area contributed by atoms with Crippen LogP contribution >= 0.6 is 0 Å². The van der Waals surface area contributed by atoms with Gasteiger partial charge in [0.05, 0.1) is 12.2 Å². The number of hydrogen-bond donors (Lipinski definition) is 1. The van der Waals surface area contributed by atoms with Gasteiger partial charge in [0, 0.05) is 12.1 Å². The Morgan fingerprint density at radius 1 is 1.12 bits per heavy atom. The molecule has 2 N–H and O–H groups in total. The van der Waals surface area contributed by atoms with E-state index in [1.54, 1.807) is 0 Å². The molecular weight excluding hydrogens is 336 g/mol. The number of halogens is 2. The Morgan fingerprint density at radius 2 is 1.81 bits per heavy atom. The van der Waals surface area contributed by atoms with E-state index < -0.39 is 11.6 Å². The molecule has 138 valence electrons. The highest BCUT2D eigenvalue weighted by Crippen LogP contribution is 2.42. The molecule has 1 aliphatic rings. The summed E-state index contributed by atoms with van der Waals surface area (Å²) >= 11 is 0. The van der Waals surface area contributed by atoms with Gasteiger partial charge in [-0.05, 0) is 49.1 Å². The van der Waals surface area contributed by atoms with Crippen molar-refractivity contribution >= 4 is 6.29 Å². The van der Waals surface area contributed by atoms with Crippen molar-refractivity contribution in [1.82, 2.24) is 0 Å². The van der Waals surface area contributed by atoms with Crippen molar-refractivity contribution in [2.45, 2.75) is 43.6 Å². The first-order valence-corrected chi connectivity index (χ1v) is 8.92. The maximum absolute atomic E-state index is 14.0. The SMILES string of the molecule is NC1CCC(CCOc2cc(F)c(C=O)cc2F)(c2ccccc2)CC1. The van der Waals surface area contributed by atoms with Crippen LogP contribution < -0.4 is 10.5 Å². The van der Waals surface area contributed by atoms with E-state index in [1.165, 1.54) is 5.56 Å². The molecule has 0 spiro atoms. The topological polar surface area (TPSA) is 52.3 Å². The van der Waals surface area contributed by atoms with Gasteiger partial charge in [0.15, 0.2) is 17.9 Å². The van der Waals surface area contributed by atoms with Gasteiger partial charge in [0.25, 0.3) is 0 Å². The molecule has 1 saturated carbocycles. The summed E-state index contributed by atoms with van der Waals surface area (Å²) in [6.07, 6.45) is 4.75. The minimum absolute atomic E-state index is 0.0606. The Hall–Kier alpha value is -2.27. The Morgan fingerprint density at radius 3 is 2.46 bits per heavy atom. The van der Waals surface area contributed by atoms with Gasteiger partial charge in [-0.15, -0.1) is 0 Å². The van der Waals surface area contributed by atoms with Crippen molar-refractivity contribution in [1.29, 1.82) is 0 Å². The molecule has 0 bridgehead atoms. The molecule has 2 aromatic carbocycles. The molecule has 0 aromatic heterocycles. The molecule has 5 heteroatoms. The van der Waals surface area contributed by atoms with E-state index in [2.05, 4.69) is 12.1 Å². The molecule has 0 aliphatic heterocycles. The lowest BCUT2D eigenvalue weighted by Crippen LogP contribution is -2.38. The molecule has 2 aromatic rings. The molecule has 0 heterocycles. The Labute approximate surface area is 152 Å². The van der Waals surface area contributed by atoms with Gasteiger partial charge in [-0.25, -0.2) is 8.78 Å². The molecule has 0 saturated heterocycles. The van der Waals surface area contributed by atoms with E-state index in [4.69, 9.17) is 10.5 Å². The highest BCUT2D eigenvalue weighted by atomic mass is 19.1. The summed E-state index contributed by atoms with van der Waals surface area (Å²) in [7, 11) is 0. The second-order valence-electron chi connectivity index (χ2n) is 7.00. The van der Waals surface area contributed by atoms with Crippen LogP contribution in [0.25, 0.3) is 0 Å². The second kappa shape index (κ2) is 7.96. The zero-order chi connectivity index (χ0) is 18.6. The van der Waals surface area contributed by atoms with Crippen LogP contribution in [0.3, 0.4) is 0 Å². The summed E-state index contributed by atoms with van der Waals surface area (Å²) in [5, 5.41) is 0. The number of nitrogens with two attached hydrogens (primary N) is 1. The third-order valence-electron chi connectivity index (χ3n) is 5.39. The molecule has 0 amide bonds. The van der Waals surface area contributed by atoms with Crippen molar-refractivity contribution in [3.05, 3.63) is 65.2 Å². The summed E-state index contributed by atoms with van der Waals surface area (Å²) in [5.41, 5.74) is 6.93. The quantitative estimate of drug-likeness (QED) is 0.779. The molecule has 0 radical (unpaired) electrons. The van der Waals surface area contributed by atoms with Crippen molar-refractivity contribution in [3.63, 3.8) is 0 Å². The highest BCUT2D eigenvalue weighted by Gasteiger charge is 2.35. The molecule has 3 rings (SSSR count). The van der Waals surface area contributed by atoms with Crippen LogP contribution in [0.4, 0.5) is 8.78 Å². The number of ether oxygens (including phenoxy) is 1. The monoisotopic (exact) mass is 359 g/mol. The van der Waals surface area contributed by atoms with E-state index in [0.29, 0.717) is 6.42 Å². The number of aldehydes is 1. The van der Waals surface area contributed by atoms with Gasteiger partial charge in [-0.1, -0.05) is 30.3 Å². The first-order valence-electron chi connectivity index (χ1n) is 8.92. The Bertz CT molecular complexity index is 756. The summed E-state index contributed by atoms with van der Waals surface area (Å²) in [6.45, 7) is 0.265. The number of rotatable bonds is 6. The standard InChI is InChI=1S/C21H23F2NO2/c22-18-13-20(19(23)12-15(18)14-25)26-11-10-21(8-6-17(24)7-9-21)16-4-2-1-3-5-16/h1-5,12-14,17H,6-11,24H2. The molecule has 26 heavy (non-hydrogen) atoms. The van der Waals surface area contributed by atoms with Crippen LogP contribution in [0.5, 0.6) is 5.75 Å². The van der Waals surface area contributed by atoms with E-state index in [-0.39, 0.29) is 35.7 Å². The Balaban J connectivity index is 1.73. The van der Waals surface area contributed by atoms with Crippen LogP contribution in [0.1, 0.15) is 48.0 Å². The lowest BCUT2D eigenvalue weighted by atomic mass is 9.66. The summed E-state index contributed by atoms with van der Waals surface area (Å²) in [5.74, 6) is -1.67. The van der Waals surface area contributed by atoms with Crippen LogP contribution in [-0.2, 0) is 5.41 Å². The number of benzene rings is 2. The van der Waals surface area contributed by atoms with Crippen LogP contribution in [-0.4, -0.2) is 18.9 Å². The fourth-order valence-corrected chi connectivity index (χ4v) is 3.77. The average molecular weight is 359 g/mol. The summed E-state index contributed by atoms with van der Waals surface area (Å²) in [6, 6.07) is 12.2.